The number of hydrogen-bond donors (Lipinski definition) is 0. The van der Waals surface area contributed by atoms with Crippen molar-refractivity contribution in [1.82, 2.24) is 4.90 Å². The zero-order valence-electron chi connectivity index (χ0n) is 8.79. The van der Waals surface area contributed by atoms with E-state index in [1.807, 2.05) is 19.1 Å². The number of nitrogens with zero attached hydrogens (tertiary/aromatic N) is 1. The maximum atomic E-state index is 10.4. The molecule has 0 bridgehead atoms. The van der Waals surface area contributed by atoms with Gasteiger partial charge in [-0.25, -0.2) is 0 Å². The van der Waals surface area contributed by atoms with E-state index in [0.29, 0.717) is 5.92 Å². The molecule has 1 atom stereocenters. The average Bonchev–Trinajstić information content (AvgIpc) is 2.14. The molecule has 0 N–H and O–H groups in total. The van der Waals surface area contributed by atoms with E-state index in [9.17, 15) is 4.79 Å². The lowest BCUT2D eigenvalue weighted by Gasteiger charge is -2.20. The summed E-state index contributed by atoms with van der Waals surface area (Å²) in [7, 11) is 1.79. The molecule has 0 aromatic carbocycles. The molecule has 2 nitrogen and oxygen atoms in total. The number of allylic oxidation sites excluding steroid dienone is 2. The summed E-state index contributed by atoms with van der Waals surface area (Å²) in [6.45, 7) is 8.81. The summed E-state index contributed by atoms with van der Waals surface area (Å²) in [6, 6.07) is 0. The van der Waals surface area contributed by atoms with E-state index in [2.05, 4.69) is 13.5 Å². The van der Waals surface area contributed by atoms with Crippen LogP contribution in [0.4, 0.5) is 0 Å². The molecule has 0 saturated carbocycles. The van der Waals surface area contributed by atoms with Crippen molar-refractivity contribution in [2.75, 3.05) is 13.6 Å². The van der Waals surface area contributed by atoms with Gasteiger partial charge < -0.3 is 4.90 Å². The minimum Gasteiger partial charge on any atom is -0.348 e. The van der Waals surface area contributed by atoms with Crippen molar-refractivity contribution in [2.24, 2.45) is 5.92 Å². The predicted octanol–water partition coefficient (Wildman–Crippen LogP) is 2.23. The van der Waals surface area contributed by atoms with E-state index in [1.165, 1.54) is 0 Å². The standard InChI is InChI=1S/C11H19NO/c1-5-7-10(3)11(6-2)8-12(4)9-13/h5,7,9,11H,3,6,8H2,1-2,4H3. The van der Waals surface area contributed by atoms with Crippen LogP contribution in [-0.2, 0) is 4.79 Å². The van der Waals surface area contributed by atoms with Crippen LogP contribution in [0, 0.1) is 5.92 Å². The highest BCUT2D eigenvalue weighted by Crippen LogP contribution is 2.15. The minimum atomic E-state index is 0.381. The van der Waals surface area contributed by atoms with Gasteiger partial charge in [0.15, 0.2) is 0 Å². The molecule has 74 valence electrons. The Balaban J connectivity index is 4.16. The molecule has 0 heterocycles. The van der Waals surface area contributed by atoms with Gasteiger partial charge in [0.25, 0.3) is 0 Å². The SMILES string of the molecule is C=C(C=CC)C(CC)CN(C)C=O. The quantitative estimate of drug-likeness (QED) is 0.454. The molecule has 0 aliphatic heterocycles. The van der Waals surface area contributed by atoms with Gasteiger partial charge in [0, 0.05) is 19.5 Å². The normalized spacial score (nSPS) is 12.8. The van der Waals surface area contributed by atoms with Crippen molar-refractivity contribution < 1.29 is 4.79 Å². The molecule has 0 spiro atoms. The maximum absolute atomic E-state index is 10.4. The summed E-state index contributed by atoms with van der Waals surface area (Å²) in [4.78, 5) is 12.1. The Bertz CT molecular complexity index is 196. The second kappa shape index (κ2) is 6.46. The number of hydrogen-bond acceptors (Lipinski definition) is 1. The highest BCUT2D eigenvalue weighted by Gasteiger charge is 2.09. The van der Waals surface area contributed by atoms with Crippen molar-refractivity contribution >= 4 is 6.41 Å². The summed E-state index contributed by atoms with van der Waals surface area (Å²) in [6.07, 6.45) is 5.85. The third-order valence-electron chi connectivity index (χ3n) is 2.09. The molecule has 1 unspecified atom stereocenters. The molecule has 13 heavy (non-hydrogen) atoms. The van der Waals surface area contributed by atoms with Crippen molar-refractivity contribution in [1.29, 1.82) is 0 Å². The van der Waals surface area contributed by atoms with Gasteiger partial charge in [0.05, 0.1) is 0 Å². The molecule has 0 aromatic heterocycles. The molecule has 0 rings (SSSR count). The lowest BCUT2D eigenvalue weighted by atomic mass is 9.97. The van der Waals surface area contributed by atoms with Crippen LogP contribution in [0.3, 0.4) is 0 Å². The lowest BCUT2D eigenvalue weighted by Crippen LogP contribution is -2.24. The fourth-order valence-corrected chi connectivity index (χ4v) is 1.25. The molecule has 0 aliphatic rings. The Morgan fingerprint density at radius 2 is 2.23 bits per heavy atom. The van der Waals surface area contributed by atoms with Crippen molar-refractivity contribution in [3.63, 3.8) is 0 Å². The summed E-state index contributed by atoms with van der Waals surface area (Å²) in [5.74, 6) is 0.381. The summed E-state index contributed by atoms with van der Waals surface area (Å²) in [5.41, 5.74) is 1.10. The monoisotopic (exact) mass is 181 g/mol. The second-order valence-electron chi connectivity index (χ2n) is 3.23. The van der Waals surface area contributed by atoms with Gasteiger partial charge in [-0.2, -0.15) is 0 Å². The van der Waals surface area contributed by atoms with Crippen molar-refractivity contribution in [3.05, 3.63) is 24.3 Å². The molecule has 0 radical (unpaired) electrons. The van der Waals surface area contributed by atoms with Crippen LogP contribution in [0.5, 0.6) is 0 Å². The smallest absolute Gasteiger partial charge is 0.209 e. The Labute approximate surface area is 80.9 Å². The fourth-order valence-electron chi connectivity index (χ4n) is 1.25. The van der Waals surface area contributed by atoms with E-state index in [1.54, 1.807) is 11.9 Å². The van der Waals surface area contributed by atoms with Gasteiger partial charge in [0.2, 0.25) is 6.41 Å². The first-order valence-corrected chi connectivity index (χ1v) is 4.62. The first-order chi connectivity index (χ1) is 6.15. The summed E-state index contributed by atoms with van der Waals surface area (Å²) < 4.78 is 0. The highest BCUT2D eigenvalue weighted by atomic mass is 16.1. The average molecular weight is 181 g/mol. The van der Waals surface area contributed by atoms with Crippen LogP contribution in [0.15, 0.2) is 24.3 Å². The van der Waals surface area contributed by atoms with Crippen LogP contribution in [0.25, 0.3) is 0 Å². The molecule has 0 saturated heterocycles. The van der Waals surface area contributed by atoms with E-state index in [0.717, 1.165) is 24.9 Å². The maximum Gasteiger partial charge on any atom is 0.209 e. The summed E-state index contributed by atoms with van der Waals surface area (Å²) in [5, 5.41) is 0. The first kappa shape index (κ1) is 11.9. The molecule has 0 aliphatic carbocycles. The van der Waals surface area contributed by atoms with Crippen LogP contribution in [-0.4, -0.2) is 24.9 Å². The predicted molar refractivity (Wildman–Crippen MR) is 56.4 cm³/mol. The topological polar surface area (TPSA) is 20.3 Å². The first-order valence-electron chi connectivity index (χ1n) is 4.62. The van der Waals surface area contributed by atoms with E-state index in [-0.39, 0.29) is 0 Å². The van der Waals surface area contributed by atoms with Gasteiger partial charge in [-0.3, -0.25) is 4.79 Å². The number of amides is 1. The largest absolute Gasteiger partial charge is 0.348 e. The van der Waals surface area contributed by atoms with Gasteiger partial charge in [0.1, 0.15) is 0 Å². The molecule has 1 amide bonds. The fraction of sp³-hybridized carbons (Fsp3) is 0.545. The number of carbonyl (C=O) groups excluding carboxylic acids is 1. The van der Waals surface area contributed by atoms with E-state index >= 15 is 0 Å². The van der Waals surface area contributed by atoms with Crippen LogP contribution < -0.4 is 0 Å². The van der Waals surface area contributed by atoms with Crippen LogP contribution in [0.1, 0.15) is 20.3 Å². The number of carbonyl (C=O) groups is 1. The van der Waals surface area contributed by atoms with Crippen LogP contribution in [0.2, 0.25) is 0 Å². The molecule has 0 fully saturated rings. The highest BCUT2D eigenvalue weighted by molar-refractivity contribution is 5.46. The van der Waals surface area contributed by atoms with Gasteiger partial charge in [-0.15, -0.1) is 0 Å². The summed E-state index contributed by atoms with van der Waals surface area (Å²) >= 11 is 0. The van der Waals surface area contributed by atoms with Crippen molar-refractivity contribution in [2.45, 2.75) is 20.3 Å². The van der Waals surface area contributed by atoms with Gasteiger partial charge in [-0.05, 0) is 13.3 Å². The lowest BCUT2D eigenvalue weighted by molar-refractivity contribution is -0.117. The molecular formula is C11H19NO. The van der Waals surface area contributed by atoms with Gasteiger partial charge >= 0.3 is 0 Å². The van der Waals surface area contributed by atoms with E-state index in [4.69, 9.17) is 0 Å². The Morgan fingerprint density at radius 3 is 2.62 bits per heavy atom. The third-order valence-corrected chi connectivity index (χ3v) is 2.09. The molecule has 2 heteroatoms. The van der Waals surface area contributed by atoms with Crippen LogP contribution >= 0.6 is 0 Å². The third kappa shape index (κ3) is 4.51. The zero-order chi connectivity index (χ0) is 10.3. The zero-order valence-corrected chi connectivity index (χ0v) is 8.79. The van der Waals surface area contributed by atoms with Crippen molar-refractivity contribution in [3.8, 4) is 0 Å². The second-order valence-corrected chi connectivity index (χ2v) is 3.23. The minimum absolute atomic E-state index is 0.381. The number of rotatable bonds is 6. The molecular weight excluding hydrogens is 162 g/mol. The Morgan fingerprint density at radius 1 is 1.62 bits per heavy atom. The van der Waals surface area contributed by atoms with E-state index < -0.39 is 0 Å². The Hall–Kier alpha value is -1.05. The molecule has 0 aromatic rings. The van der Waals surface area contributed by atoms with Gasteiger partial charge in [-0.1, -0.05) is 31.2 Å². The Kier molecular flexibility index (Phi) is 5.94.